The molecule has 1 heterocycles. The van der Waals surface area contributed by atoms with E-state index >= 15 is 0 Å². The Balaban J connectivity index is 2.21. The highest BCUT2D eigenvalue weighted by atomic mass is 19.3. The fourth-order valence-electron chi connectivity index (χ4n) is 2.22. The Labute approximate surface area is 143 Å². The number of alkyl halides is 2. The minimum atomic E-state index is -2.98. The molecular formula is C17H19F2NO5. The summed E-state index contributed by atoms with van der Waals surface area (Å²) in [4.78, 5) is 14.3. The van der Waals surface area contributed by atoms with Crippen LogP contribution in [0.25, 0.3) is 0 Å². The Bertz CT molecular complexity index is 676. The molecule has 0 fully saturated rings. The SMILES string of the molecule is COCCN(Cc1ccco1)C(=O)c1ccc(OC(F)F)c(OC)c1. The first-order chi connectivity index (χ1) is 12.0. The van der Waals surface area contributed by atoms with Gasteiger partial charge in [-0.05, 0) is 30.3 Å². The standard InChI is InChI=1S/C17H19F2NO5/c1-22-9-7-20(11-13-4-3-8-24-13)16(21)12-5-6-14(25-17(18)19)15(10-12)23-2/h3-6,8,10,17H,7,9,11H2,1-2H3. The van der Waals surface area contributed by atoms with Gasteiger partial charge < -0.3 is 23.5 Å². The number of carbonyl (C=O) groups excluding carboxylic acids is 1. The third-order valence-corrected chi connectivity index (χ3v) is 3.41. The molecule has 0 saturated carbocycles. The van der Waals surface area contributed by atoms with Crippen molar-refractivity contribution in [3.05, 3.63) is 47.9 Å². The number of rotatable bonds is 9. The zero-order chi connectivity index (χ0) is 18.2. The molecule has 0 radical (unpaired) electrons. The third kappa shape index (κ3) is 5.18. The number of halogens is 2. The van der Waals surface area contributed by atoms with Crippen molar-refractivity contribution in [1.29, 1.82) is 0 Å². The number of ether oxygens (including phenoxy) is 3. The molecule has 2 aromatic rings. The van der Waals surface area contributed by atoms with Crippen molar-refractivity contribution in [2.24, 2.45) is 0 Å². The third-order valence-electron chi connectivity index (χ3n) is 3.41. The Hall–Kier alpha value is -2.61. The lowest BCUT2D eigenvalue weighted by molar-refractivity contribution is -0.0512. The van der Waals surface area contributed by atoms with Crippen LogP contribution < -0.4 is 9.47 Å². The highest BCUT2D eigenvalue weighted by molar-refractivity contribution is 5.94. The molecule has 0 spiro atoms. The number of hydrogen-bond acceptors (Lipinski definition) is 5. The second-order valence-electron chi connectivity index (χ2n) is 5.04. The van der Waals surface area contributed by atoms with E-state index in [2.05, 4.69) is 4.74 Å². The minimum absolute atomic E-state index is 0.0517. The zero-order valence-corrected chi connectivity index (χ0v) is 13.9. The van der Waals surface area contributed by atoms with Crippen LogP contribution in [0.3, 0.4) is 0 Å². The molecule has 136 valence electrons. The van der Waals surface area contributed by atoms with E-state index in [9.17, 15) is 13.6 Å². The molecule has 8 heteroatoms. The van der Waals surface area contributed by atoms with E-state index in [1.54, 1.807) is 12.1 Å². The van der Waals surface area contributed by atoms with Gasteiger partial charge >= 0.3 is 6.61 Å². The van der Waals surface area contributed by atoms with Crippen molar-refractivity contribution < 1.29 is 32.2 Å². The molecule has 1 amide bonds. The monoisotopic (exact) mass is 355 g/mol. The van der Waals surface area contributed by atoms with Gasteiger partial charge in [0.25, 0.3) is 5.91 Å². The number of methoxy groups -OCH3 is 2. The molecule has 1 aromatic heterocycles. The van der Waals surface area contributed by atoms with E-state index in [4.69, 9.17) is 13.9 Å². The van der Waals surface area contributed by atoms with Crippen LogP contribution in [-0.2, 0) is 11.3 Å². The first-order valence-corrected chi connectivity index (χ1v) is 7.48. The lowest BCUT2D eigenvalue weighted by Gasteiger charge is -2.22. The fraction of sp³-hybridized carbons (Fsp3) is 0.353. The second-order valence-corrected chi connectivity index (χ2v) is 5.04. The van der Waals surface area contributed by atoms with Gasteiger partial charge in [0, 0.05) is 19.2 Å². The van der Waals surface area contributed by atoms with Crippen LogP contribution in [0, 0.1) is 0 Å². The summed E-state index contributed by atoms with van der Waals surface area (Å²) in [5, 5.41) is 0. The van der Waals surface area contributed by atoms with E-state index < -0.39 is 6.61 Å². The summed E-state index contributed by atoms with van der Waals surface area (Å²) in [5.74, 6) is 0.226. The Morgan fingerprint density at radius 3 is 2.64 bits per heavy atom. The molecule has 0 bridgehead atoms. The molecule has 1 aromatic carbocycles. The number of amides is 1. The van der Waals surface area contributed by atoms with Crippen LogP contribution >= 0.6 is 0 Å². The summed E-state index contributed by atoms with van der Waals surface area (Å²) in [7, 11) is 2.85. The first-order valence-electron chi connectivity index (χ1n) is 7.48. The maximum atomic E-state index is 12.8. The Kier molecular flexibility index (Phi) is 6.76. The molecule has 0 N–H and O–H groups in total. The molecular weight excluding hydrogens is 336 g/mol. The van der Waals surface area contributed by atoms with E-state index in [1.165, 1.54) is 43.6 Å². The number of furan rings is 1. The van der Waals surface area contributed by atoms with E-state index in [0.29, 0.717) is 18.9 Å². The molecule has 0 aliphatic rings. The van der Waals surface area contributed by atoms with Crippen molar-refractivity contribution in [1.82, 2.24) is 4.90 Å². The lowest BCUT2D eigenvalue weighted by atomic mass is 10.1. The fourth-order valence-corrected chi connectivity index (χ4v) is 2.22. The van der Waals surface area contributed by atoms with Gasteiger partial charge in [0.15, 0.2) is 11.5 Å². The van der Waals surface area contributed by atoms with Gasteiger partial charge in [0.1, 0.15) is 5.76 Å². The van der Waals surface area contributed by atoms with Gasteiger partial charge in [0.2, 0.25) is 0 Å². The highest BCUT2D eigenvalue weighted by Crippen LogP contribution is 2.30. The predicted molar refractivity (Wildman–Crippen MR) is 85.0 cm³/mol. The van der Waals surface area contributed by atoms with Crippen LogP contribution in [-0.4, -0.2) is 44.8 Å². The molecule has 6 nitrogen and oxygen atoms in total. The maximum absolute atomic E-state index is 12.8. The number of benzene rings is 1. The Morgan fingerprint density at radius 2 is 2.04 bits per heavy atom. The van der Waals surface area contributed by atoms with Crippen molar-refractivity contribution in [2.45, 2.75) is 13.2 Å². The van der Waals surface area contributed by atoms with Crippen LogP contribution in [0.4, 0.5) is 8.78 Å². The van der Waals surface area contributed by atoms with Gasteiger partial charge in [0.05, 0.1) is 26.5 Å². The van der Waals surface area contributed by atoms with E-state index in [-0.39, 0.29) is 29.5 Å². The average Bonchev–Trinajstić information content (AvgIpc) is 3.11. The molecule has 0 aliphatic heterocycles. The first kappa shape index (κ1) is 18.7. The molecule has 0 unspecified atom stereocenters. The summed E-state index contributed by atoms with van der Waals surface area (Å²) in [5.41, 5.74) is 0.279. The van der Waals surface area contributed by atoms with Crippen LogP contribution in [0.2, 0.25) is 0 Å². The molecule has 0 atom stereocenters. The zero-order valence-electron chi connectivity index (χ0n) is 13.9. The van der Waals surface area contributed by atoms with Crippen molar-refractivity contribution >= 4 is 5.91 Å². The maximum Gasteiger partial charge on any atom is 0.387 e. The molecule has 0 saturated heterocycles. The summed E-state index contributed by atoms with van der Waals surface area (Å²) >= 11 is 0. The van der Waals surface area contributed by atoms with Crippen molar-refractivity contribution in [2.75, 3.05) is 27.4 Å². The van der Waals surface area contributed by atoms with Crippen LogP contribution in [0.15, 0.2) is 41.0 Å². The van der Waals surface area contributed by atoms with Crippen LogP contribution in [0.5, 0.6) is 11.5 Å². The smallest absolute Gasteiger partial charge is 0.387 e. The average molecular weight is 355 g/mol. The second kappa shape index (κ2) is 9.03. The van der Waals surface area contributed by atoms with E-state index in [1.807, 2.05) is 0 Å². The van der Waals surface area contributed by atoms with Gasteiger partial charge in [-0.15, -0.1) is 0 Å². The quantitative estimate of drug-likeness (QED) is 0.691. The van der Waals surface area contributed by atoms with Gasteiger partial charge in [-0.1, -0.05) is 0 Å². The predicted octanol–water partition coefficient (Wildman–Crippen LogP) is 3.18. The van der Waals surface area contributed by atoms with Gasteiger partial charge in [-0.25, -0.2) is 0 Å². The summed E-state index contributed by atoms with van der Waals surface area (Å²) in [6, 6.07) is 7.53. The number of carbonyl (C=O) groups is 1. The number of hydrogen-bond donors (Lipinski definition) is 0. The largest absolute Gasteiger partial charge is 0.493 e. The van der Waals surface area contributed by atoms with Gasteiger partial charge in [-0.2, -0.15) is 8.78 Å². The van der Waals surface area contributed by atoms with E-state index in [0.717, 1.165) is 0 Å². The summed E-state index contributed by atoms with van der Waals surface area (Å²) < 4.78 is 44.5. The highest BCUT2D eigenvalue weighted by Gasteiger charge is 2.20. The lowest BCUT2D eigenvalue weighted by Crippen LogP contribution is -2.33. The molecule has 0 aliphatic carbocycles. The molecule has 25 heavy (non-hydrogen) atoms. The number of nitrogens with zero attached hydrogens (tertiary/aromatic N) is 1. The molecule has 2 rings (SSSR count). The van der Waals surface area contributed by atoms with Crippen molar-refractivity contribution in [3.63, 3.8) is 0 Å². The minimum Gasteiger partial charge on any atom is -0.493 e. The normalized spacial score (nSPS) is 10.8. The topological polar surface area (TPSA) is 61.1 Å². The Morgan fingerprint density at radius 1 is 1.24 bits per heavy atom. The summed E-state index contributed by atoms with van der Waals surface area (Å²) in [6.07, 6.45) is 1.52. The van der Waals surface area contributed by atoms with Crippen molar-refractivity contribution in [3.8, 4) is 11.5 Å². The van der Waals surface area contributed by atoms with Crippen LogP contribution in [0.1, 0.15) is 16.1 Å². The van der Waals surface area contributed by atoms with Gasteiger partial charge in [-0.3, -0.25) is 4.79 Å². The summed E-state index contributed by atoms with van der Waals surface area (Å²) in [6.45, 7) is -2.04.